The lowest BCUT2D eigenvalue weighted by Crippen LogP contribution is -2.37. The number of hydrogen-bond donors (Lipinski definition) is 0. The standard InChI is InChI=1S/C68H120NO8P/c1-6-8-10-12-14-16-18-20-22-24-26-27-28-29-30-31-32-33-34-35-36-37-38-39-40-41-43-45-47-49-51-53-55-57-59-61-68(71)77-66(65-76-78(72,73)75-63-62-69(3,4)5)64-74-67(70)60-58-56-54-52-50-48-46-44-42-25-23-21-19-17-15-13-11-9-7-2/h8-11,14-17,20-23,26-27,42,44,66H,6-7,12-13,18-19,24-25,28-41,43,45-65H2,1-5H3/b10-8-,11-9-,16-14-,17-15-,22-20-,23-21-,27-26-,44-42-. The number of carbonyl (C=O) groups excluding carboxylic acids is 2. The number of unbranched alkanes of at least 4 members (excludes halogenated alkanes) is 28. The number of phosphoric acid groups is 1. The topological polar surface area (TPSA) is 111 Å². The molecule has 0 aliphatic rings. The van der Waals surface area contributed by atoms with Crippen LogP contribution in [0.5, 0.6) is 0 Å². The van der Waals surface area contributed by atoms with E-state index in [-0.39, 0.29) is 26.1 Å². The Bertz CT molecular complexity index is 1640. The van der Waals surface area contributed by atoms with Crippen molar-refractivity contribution in [2.45, 2.75) is 277 Å². The van der Waals surface area contributed by atoms with E-state index in [1.807, 2.05) is 21.1 Å². The molecule has 78 heavy (non-hydrogen) atoms. The van der Waals surface area contributed by atoms with E-state index in [4.69, 9.17) is 18.5 Å². The molecule has 0 aromatic carbocycles. The number of carbonyl (C=O) groups is 2. The molecule has 0 heterocycles. The van der Waals surface area contributed by atoms with Crippen molar-refractivity contribution in [3.8, 4) is 0 Å². The van der Waals surface area contributed by atoms with E-state index >= 15 is 0 Å². The molecule has 0 amide bonds. The Morgan fingerprint density at radius 2 is 0.692 bits per heavy atom. The van der Waals surface area contributed by atoms with Gasteiger partial charge in [-0.3, -0.25) is 14.2 Å². The zero-order valence-electron chi connectivity index (χ0n) is 51.1. The first kappa shape index (κ1) is 74.9. The van der Waals surface area contributed by atoms with E-state index in [9.17, 15) is 19.0 Å². The van der Waals surface area contributed by atoms with Crippen LogP contribution < -0.4 is 4.89 Å². The van der Waals surface area contributed by atoms with Crippen LogP contribution in [0.15, 0.2) is 97.2 Å². The van der Waals surface area contributed by atoms with Crippen LogP contribution in [0, 0.1) is 0 Å². The van der Waals surface area contributed by atoms with Gasteiger partial charge in [0, 0.05) is 12.8 Å². The molecule has 0 aliphatic heterocycles. The molecule has 0 aromatic rings. The first-order valence-corrected chi connectivity index (χ1v) is 33.4. The summed E-state index contributed by atoms with van der Waals surface area (Å²) in [6, 6.07) is 0. The molecule has 450 valence electrons. The number of likely N-dealkylation sites (N-methyl/N-ethyl adjacent to an activating group) is 1. The van der Waals surface area contributed by atoms with Gasteiger partial charge in [-0.2, -0.15) is 0 Å². The van der Waals surface area contributed by atoms with E-state index in [1.54, 1.807) is 0 Å². The second-order valence-electron chi connectivity index (χ2n) is 22.4. The number of allylic oxidation sites excluding steroid dienone is 16. The summed E-state index contributed by atoms with van der Waals surface area (Å²) in [6.45, 7) is 4.01. The van der Waals surface area contributed by atoms with Gasteiger partial charge in [0.05, 0.1) is 27.7 Å². The molecule has 2 unspecified atom stereocenters. The molecular formula is C68H120NO8P. The molecule has 0 fully saturated rings. The molecule has 0 spiro atoms. The van der Waals surface area contributed by atoms with Crippen molar-refractivity contribution < 1.29 is 42.1 Å². The molecule has 0 radical (unpaired) electrons. The van der Waals surface area contributed by atoms with Crippen molar-refractivity contribution >= 4 is 19.8 Å². The molecule has 0 saturated heterocycles. The third-order valence-corrected chi connectivity index (χ3v) is 14.6. The van der Waals surface area contributed by atoms with E-state index in [2.05, 4.69) is 111 Å². The molecule has 0 aromatic heterocycles. The molecule has 2 atom stereocenters. The highest BCUT2D eigenvalue weighted by Crippen LogP contribution is 2.38. The number of nitrogens with zero attached hydrogens (tertiary/aromatic N) is 1. The van der Waals surface area contributed by atoms with Gasteiger partial charge < -0.3 is 27.9 Å². The molecule has 0 N–H and O–H groups in total. The number of hydrogen-bond acceptors (Lipinski definition) is 8. The van der Waals surface area contributed by atoms with Crippen molar-refractivity contribution in [3.05, 3.63) is 97.2 Å². The maximum Gasteiger partial charge on any atom is 0.306 e. The van der Waals surface area contributed by atoms with Crippen molar-refractivity contribution in [2.75, 3.05) is 47.5 Å². The Labute approximate surface area is 481 Å². The van der Waals surface area contributed by atoms with Crippen LogP contribution in [-0.4, -0.2) is 70.0 Å². The summed E-state index contributed by atoms with van der Waals surface area (Å²) < 4.78 is 34.2. The minimum atomic E-state index is -4.64. The Kier molecular flexibility index (Phi) is 56.3. The lowest BCUT2D eigenvalue weighted by Gasteiger charge is -2.28. The lowest BCUT2D eigenvalue weighted by molar-refractivity contribution is -0.870. The van der Waals surface area contributed by atoms with Crippen LogP contribution >= 0.6 is 7.82 Å². The van der Waals surface area contributed by atoms with Crippen LogP contribution in [0.25, 0.3) is 0 Å². The maximum atomic E-state index is 12.8. The Hall–Kier alpha value is -3.07. The molecular weight excluding hydrogens is 990 g/mol. The van der Waals surface area contributed by atoms with Crippen LogP contribution in [-0.2, 0) is 32.7 Å². The number of phosphoric ester groups is 1. The quantitative estimate of drug-likeness (QED) is 0.0195. The van der Waals surface area contributed by atoms with Crippen LogP contribution in [0.4, 0.5) is 0 Å². The zero-order chi connectivity index (χ0) is 57.0. The van der Waals surface area contributed by atoms with Gasteiger partial charge in [-0.15, -0.1) is 0 Å². The zero-order valence-corrected chi connectivity index (χ0v) is 52.0. The Morgan fingerprint density at radius 1 is 0.397 bits per heavy atom. The monoisotopic (exact) mass is 1110 g/mol. The molecule has 9 nitrogen and oxygen atoms in total. The van der Waals surface area contributed by atoms with Crippen molar-refractivity contribution in [3.63, 3.8) is 0 Å². The second-order valence-corrected chi connectivity index (χ2v) is 23.8. The lowest BCUT2D eigenvalue weighted by atomic mass is 10.0. The van der Waals surface area contributed by atoms with Gasteiger partial charge >= 0.3 is 11.9 Å². The van der Waals surface area contributed by atoms with Crippen molar-refractivity contribution in [2.24, 2.45) is 0 Å². The highest BCUT2D eigenvalue weighted by Gasteiger charge is 2.22. The first-order valence-electron chi connectivity index (χ1n) is 31.9. The number of quaternary nitrogens is 1. The van der Waals surface area contributed by atoms with E-state index < -0.39 is 32.5 Å². The van der Waals surface area contributed by atoms with Crippen LogP contribution in [0.2, 0.25) is 0 Å². The molecule has 10 heteroatoms. The third-order valence-electron chi connectivity index (χ3n) is 13.6. The maximum absolute atomic E-state index is 12.8. The fraction of sp³-hybridized carbons (Fsp3) is 0.735. The van der Waals surface area contributed by atoms with Crippen LogP contribution in [0.1, 0.15) is 271 Å². The molecule has 0 saturated carbocycles. The summed E-state index contributed by atoms with van der Waals surface area (Å²) in [6.07, 6.45) is 80.5. The van der Waals surface area contributed by atoms with Crippen molar-refractivity contribution in [1.82, 2.24) is 0 Å². The van der Waals surface area contributed by atoms with Gasteiger partial charge in [-0.25, -0.2) is 0 Å². The average molecular weight is 1110 g/mol. The third kappa shape index (κ3) is 62.1. The number of esters is 2. The Balaban J connectivity index is 4.03. The number of rotatable bonds is 58. The van der Waals surface area contributed by atoms with Crippen molar-refractivity contribution in [1.29, 1.82) is 0 Å². The fourth-order valence-electron chi connectivity index (χ4n) is 8.76. The van der Waals surface area contributed by atoms with E-state index in [0.717, 1.165) is 109 Å². The summed E-state index contributed by atoms with van der Waals surface area (Å²) in [7, 11) is 1.16. The fourth-order valence-corrected chi connectivity index (χ4v) is 9.49. The van der Waals surface area contributed by atoms with Gasteiger partial charge in [0.25, 0.3) is 7.82 Å². The first-order chi connectivity index (χ1) is 38.0. The van der Waals surface area contributed by atoms with Crippen LogP contribution in [0.3, 0.4) is 0 Å². The molecule has 0 rings (SSSR count). The summed E-state index contributed by atoms with van der Waals surface area (Å²) in [4.78, 5) is 37.9. The predicted octanol–water partition coefficient (Wildman–Crippen LogP) is 19.7. The predicted molar refractivity (Wildman–Crippen MR) is 332 cm³/mol. The summed E-state index contributed by atoms with van der Waals surface area (Å²) in [5.41, 5.74) is 0. The van der Waals surface area contributed by atoms with Gasteiger partial charge in [0.15, 0.2) is 6.10 Å². The van der Waals surface area contributed by atoms with Gasteiger partial charge in [0.1, 0.15) is 19.8 Å². The Morgan fingerprint density at radius 3 is 1.03 bits per heavy atom. The summed E-state index contributed by atoms with van der Waals surface area (Å²) in [5.74, 6) is -0.845. The largest absolute Gasteiger partial charge is 0.756 e. The average Bonchev–Trinajstić information content (AvgIpc) is 3.41. The number of ether oxygens (including phenoxy) is 2. The van der Waals surface area contributed by atoms with Gasteiger partial charge in [-0.05, 0) is 89.9 Å². The summed E-state index contributed by atoms with van der Waals surface area (Å²) in [5, 5.41) is 0. The highest BCUT2D eigenvalue weighted by atomic mass is 31.2. The normalized spacial score (nSPS) is 13.9. The van der Waals surface area contributed by atoms with Gasteiger partial charge in [0.2, 0.25) is 0 Å². The van der Waals surface area contributed by atoms with Gasteiger partial charge in [-0.1, -0.05) is 265 Å². The second kappa shape index (κ2) is 58.6. The highest BCUT2D eigenvalue weighted by molar-refractivity contribution is 7.45. The van der Waals surface area contributed by atoms with E-state index in [0.29, 0.717) is 23.9 Å². The molecule has 0 aliphatic carbocycles. The minimum Gasteiger partial charge on any atom is -0.756 e. The SMILES string of the molecule is CC/C=C\C/C=C\C/C=C\C/C=C\CCCCCCCCCCCCCCCCCCCCCCCCC(=O)OC(COC(=O)CCCCCCCC/C=C\C/C=C\C/C=C\C/C=C\CC)COP(=O)([O-])OCC[N+](C)(C)C. The van der Waals surface area contributed by atoms with E-state index in [1.165, 1.54) is 122 Å². The molecule has 0 bridgehead atoms. The minimum absolute atomic E-state index is 0.0358. The summed E-state index contributed by atoms with van der Waals surface area (Å²) >= 11 is 0. The smallest absolute Gasteiger partial charge is 0.306 e.